The summed E-state index contributed by atoms with van der Waals surface area (Å²) in [5.74, 6) is -0.895. The van der Waals surface area contributed by atoms with Gasteiger partial charge in [0.25, 0.3) is 5.91 Å². The van der Waals surface area contributed by atoms with Crippen molar-refractivity contribution in [2.45, 2.75) is 12.2 Å². The second kappa shape index (κ2) is 11.9. The minimum absolute atomic E-state index is 0.148. The highest BCUT2D eigenvalue weighted by Crippen LogP contribution is 2.32. The van der Waals surface area contributed by atoms with Gasteiger partial charge in [-0.05, 0) is 41.0 Å². The van der Waals surface area contributed by atoms with Crippen LogP contribution in [-0.2, 0) is 17.0 Å². The number of nitrogens with one attached hydrogen (secondary N) is 1. The minimum atomic E-state index is -1.96. The third-order valence-electron chi connectivity index (χ3n) is 5.89. The molecule has 0 bridgehead atoms. The van der Waals surface area contributed by atoms with E-state index in [1.165, 1.54) is 25.5 Å². The van der Waals surface area contributed by atoms with Crippen LogP contribution in [0, 0.1) is 0 Å². The summed E-state index contributed by atoms with van der Waals surface area (Å²) in [4.78, 5) is 24.4. The number of carboxylic acid groups (broad SMARTS) is 1. The molecule has 0 fully saturated rings. The lowest BCUT2D eigenvalue weighted by Gasteiger charge is -2.27. The van der Waals surface area contributed by atoms with Gasteiger partial charge in [-0.3, -0.25) is 4.79 Å². The summed E-state index contributed by atoms with van der Waals surface area (Å²) >= 11 is 0. The number of amides is 1. The van der Waals surface area contributed by atoms with Gasteiger partial charge in [0.15, 0.2) is 17.1 Å². The van der Waals surface area contributed by atoms with Crippen LogP contribution in [0.15, 0.2) is 108 Å². The summed E-state index contributed by atoms with van der Waals surface area (Å²) < 4.78 is 11.4. The van der Waals surface area contributed by atoms with Crippen molar-refractivity contribution >= 4 is 18.1 Å². The first-order valence-electron chi connectivity index (χ1n) is 11.7. The van der Waals surface area contributed by atoms with E-state index in [4.69, 9.17) is 14.6 Å². The summed E-state index contributed by atoms with van der Waals surface area (Å²) in [6, 6.07) is 28.8. The molecule has 38 heavy (non-hydrogen) atoms. The fraction of sp³-hybridized carbons (Fsp3) is 0.100. The van der Waals surface area contributed by atoms with E-state index in [2.05, 4.69) is 10.5 Å². The van der Waals surface area contributed by atoms with Crippen LogP contribution in [0.2, 0.25) is 0 Å². The fourth-order valence-corrected chi connectivity index (χ4v) is 3.88. The number of ether oxygens (including phenoxy) is 2. The number of benzene rings is 4. The van der Waals surface area contributed by atoms with Crippen molar-refractivity contribution in [2.24, 2.45) is 5.10 Å². The molecule has 4 rings (SSSR count). The summed E-state index contributed by atoms with van der Waals surface area (Å²) in [5, 5.41) is 24.7. The molecule has 0 aliphatic heterocycles. The highest BCUT2D eigenvalue weighted by Gasteiger charge is 2.39. The average Bonchev–Trinajstić information content (AvgIpc) is 2.96. The molecular weight excluding hydrogens is 484 g/mol. The van der Waals surface area contributed by atoms with Gasteiger partial charge in [-0.1, -0.05) is 78.9 Å². The van der Waals surface area contributed by atoms with E-state index in [-0.39, 0.29) is 12.2 Å². The molecule has 0 spiro atoms. The molecule has 4 aromatic carbocycles. The first-order valence-corrected chi connectivity index (χ1v) is 11.7. The van der Waals surface area contributed by atoms with E-state index in [9.17, 15) is 14.7 Å². The van der Waals surface area contributed by atoms with Crippen molar-refractivity contribution < 1.29 is 29.3 Å². The Morgan fingerprint density at radius 2 is 1.47 bits per heavy atom. The van der Waals surface area contributed by atoms with E-state index < -0.39 is 17.5 Å². The van der Waals surface area contributed by atoms with Crippen molar-refractivity contribution in [3.8, 4) is 11.5 Å². The number of hydrazone groups is 1. The van der Waals surface area contributed by atoms with Gasteiger partial charge in [-0.2, -0.15) is 5.10 Å². The lowest BCUT2D eigenvalue weighted by molar-refractivity contribution is -0.136. The first-order chi connectivity index (χ1) is 18.4. The van der Waals surface area contributed by atoms with Gasteiger partial charge < -0.3 is 19.7 Å². The smallest absolute Gasteiger partial charge is 0.335 e. The number of nitrogens with zero attached hydrogens (tertiary/aromatic N) is 1. The molecule has 0 heterocycles. The van der Waals surface area contributed by atoms with E-state index in [1.807, 2.05) is 0 Å². The van der Waals surface area contributed by atoms with Gasteiger partial charge in [-0.25, -0.2) is 10.2 Å². The van der Waals surface area contributed by atoms with Crippen molar-refractivity contribution in [2.75, 3.05) is 7.11 Å². The van der Waals surface area contributed by atoms with Crippen LogP contribution < -0.4 is 14.9 Å². The first kappa shape index (κ1) is 26.1. The van der Waals surface area contributed by atoms with E-state index in [1.54, 1.807) is 91.0 Å². The van der Waals surface area contributed by atoms with Crippen molar-refractivity contribution in [3.05, 3.63) is 131 Å². The van der Waals surface area contributed by atoms with Crippen molar-refractivity contribution in [1.82, 2.24) is 5.43 Å². The minimum Gasteiger partial charge on any atom is -0.493 e. The van der Waals surface area contributed by atoms with E-state index in [0.29, 0.717) is 28.2 Å². The number of carbonyl (C=O) groups is 2. The van der Waals surface area contributed by atoms with Gasteiger partial charge >= 0.3 is 5.97 Å². The monoisotopic (exact) mass is 510 g/mol. The number of carboxylic acids is 1. The molecule has 3 N–H and O–H groups in total. The molecule has 0 saturated carbocycles. The number of hydrogen-bond donors (Lipinski definition) is 3. The zero-order valence-electron chi connectivity index (χ0n) is 20.6. The second-order valence-electron chi connectivity index (χ2n) is 8.31. The number of rotatable bonds is 10. The quantitative estimate of drug-likeness (QED) is 0.216. The average molecular weight is 511 g/mol. The molecule has 0 aliphatic rings. The Labute approximate surface area is 219 Å². The normalized spacial score (nSPS) is 11.2. The van der Waals surface area contributed by atoms with Gasteiger partial charge in [0.05, 0.1) is 18.9 Å². The maximum absolute atomic E-state index is 13.3. The third-order valence-corrected chi connectivity index (χ3v) is 5.89. The summed E-state index contributed by atoms with van der Waals surface area (Å²) in [6.45, 7) is 0.148. The molecule has 0 unspecified atom stereocenters. The fourth-order valence-electron chi connectivity index (χ4n) is 3.88. The van der Waals surface area contributed by atoms with Crippen molar-refractivity contribution in [1.29, 1.82) is 0 Å². The van der Waals surface area contributed by atoms with Gasteiger partial charge in [0.2, 0.25) is 0 Å². The Balaban J connectivity index is 1.55. The maximum atomic E-state index is 13.3. The number of para-hydroxylation sites is 1. The second-order valence-corrected chi connectivity index (χ2v) is 8.31. The number of methoxy groups -OCH3 is 1. The van der Waals surface area contributed by atoms with Crippen LogP contribution in [0.5, 0.6) is 11.5 Å². The van der Waals surface area contributed by atoms with Gasteiger partial charge in [0.1, 0.15) is 6.61 Å². The molecule has 0 atom stereocenters. The molecule has 0 aliphatic carbocycles. The molecule has 192 valence electrons. The largest absolute Gasteiger partial charge is 0.493 e. The van der Waals surface area contributed by atoms with Gasteiger partial charge in [0, 0.05) is 5.56 Å². The lowest BCUT2D eigenvalue weighted by Crippen LogP contribution is -2.43. The zero-order chi connectivity index (χ0) is 27.0. The van der Waals surface area contributed by atoms with Crippen LogP contribution in [0.3, 0.4) is 0 Å². The Hall–Kier alpha value is -4.95. The predicted octanol–water partition coefficient (Wildman–Crippen LogP) is 4.36. The molecule has 4 aromatic rings. The van der Waals surface area contributed by atoms with Crippen molar-refractivity contribution in [3.63, 3.8) is 0 Å². The topological polar surface area (TPSA) is 117 Å². The van der Waals surface area contributed by atoms with Crippen LogP contribution in [-0.4, -0.2) is 35.4 Å². The maximum Gasteiger partial charge on any atom is 0.335 e. The third kappa shape index (κ3) is 5.71. The molecule has 0 radical (unpaired) electrons. The van der Waals surface area contributed by atoms with Crippen LogP contribution in [0.25, 0.3) is 0 Å². The number of aliphatic hydroxyl groups is 1. The Bertz CT molecular complexity index is 1380. The zero-order valence-corrected chi connectivity index (χ0v) is 20.6. The molecule has 1 amide bonds. The highest BCUT2D eigenvalue weighted by molar-refractivity contribution is 5.92. The van der Waals surface area contributed by atoms with Crippen LogP contribution >= 0.6 is 0 Å². The highest BCUT2D eigenvalue weighted by atomic mass is 16.5. The SMILES string of the molecule is COc1cccc(/C=N\NC(=O)C(O)(c2ccccc2)c2ccccc2)c1OCc1ccc(C(=O)O)cc1. The summed E-state index contributed by atoms with van der Waals surface area (Å²) in [6.07, 6.45) is 1.40. The van der Waals surface area contributed by atoms with E-state index in [0.717, 1.165) is 5.56 Å². The standard InChI is InChI=1S/C30H26N2O6/c1-37-26-14-8-9-23(27(26)38-20-21-15-17-22(18-16-21)28(33)34)19-31-32-29(35)30(36,24-10-4-2-5-11-24)25-12-6-3-7-13-25/h2-19,36H,20H2,1H3,(H,32,35)(H,33,34)/b31-19-. The number of hydrogen-bond acceptors (Lipinski definition) is 6. The molecule has 0 aromatic heterocycles. The lowest BCUT2D eigenvalue weighted by atomic mass is 9.85. The number of carbonyl (C=O) groups excluding carboxylic acids is 1. The Kier molecular flexibility index (Phi) is 8.15. The molecular formula is C30H26N2O6. The van der Waals surface area contributed by atoms with Crippen LogP contribution in [0.4, 0.5) is 0 Å². The number of aromatic carboxylic acids is 1. The summed E-state index contributed by atoms with van der Waals surface area (Å²) in [7, 11) is 1.51. The Morgan fingerprint density at radius 1 is 0.868 bits per heavy atom. The molecule has 8 heteroatoms. The predicted molar refractivity (Wildman–Crippen MR) is 142 cm³/mol. The Morgan fingerprint density at radius 3 is 2.03 bits per heavy atom. The molecule has 8 nitrogen and oxygen atoms in total. The van der Waals surface area contributed by atoms with Crippen LogP contribution in [0.1, 0.15) is 32.6 Å². The summed E-state index contributed by atoms with van der Waals surface area (Å²) in [5.41, 5.74) is 2.75. The molecule has 0 saturated heterocycles. The van der Waals surface area contributed by atoms with Gasteiger partial charge in [-0.15, -0.1) is 0 Å². The van der Waals surface area contributed by atoms with E-state index >= 15 is 0 Å².